The van der Waals surface area contributed by atoms with Crippen molar-refractivity contribution in [3.63, 3.8) is 0 Å². The molecule has 0 radical (unpaired) electrons. The fourth-order valence-corrected chi connectivity index (χ4v) is 1.41. The summed E-state index contributed by atoms with van der Waals surface area (Å²) in [5, 5.41) is 0. The van der Waals surface area contributed by atoms with Crippen molar-refractivity contribution in [2.24, 2.45) is 0 Å². The third-order valence-corrected chi connectivity index (χ3v) is 2.21. The molecule has 0 heterocycles. The van der Waals surface area contributed by atoms with E-state index in [1.165, 1.54) is 6.26 Å². The van der Waals surface area contributed by atoms with E-state index in [1.54, 1.807) is 7.11 Å². The molecule has 0 aliphatic heterocycles. The zero-order valence-electron chi connectivity index (χ0n) is 9.83. The number of methoxy groups -OCH3 is 1. The van der Waals surface area contributed by atoms with Crippen LogP contribution in [0.1, 0.15) is 26.3 Å². The Bertz CT molecular complexity index is 348. The van der Waals surface area contributed by atoms with Gasteiger partial charge in [0.2, 0.25) is 0 Å². The molecule has 0 N–H and O–H groups in total. The van der Waals surface area contributed by atoms with Gasteiger partial charge in [0.25, 0.3) is 0 Å². The molecule has 1 rings (SSSR count). The number of hydrogen-bond donors (Lipinski definition) is 0. The van der Waals surface area contributed by atoms with Crippen molar-refractivity contribution in [2.75, 3.05) is 7.11 Å². The van der Waals surface area contributed by atoms with Gasteiger partial charge in [-0.15, -0.1) is 0 Å². The largest absolute Gasteiger partial charge is 0.497 e. The average Bonchev–Trinajstić information content (AvgIpc) is 2.17. The number of benzene rings is 1. The van der Waals surface area contributed by atoms with Gasteiger partial charge in [-0.25, -0.2) is 0 Å². The molecule has 0 unspecified atom stereocenters. The molecule has 0 aliphatic carbocycles. The lowest BCUT2D eigenvalue weighted by molar-refractivity contribution is 0.407. The van der Waals surface area contributed by atoms with E-state index in [1.807, 2.05) is 18.2 Å². The van der Waals surface area contributed by atoms with Gasteiger partial charge in [0.15, 0.2) is 0 Å². The summed E-state index contributed by atoms with van der Waals surface area (Å²) in [6.07, 6.45) is 1.44. The molecule has 1 aromatic rings. The molecule has 0 saturated heterocycles. The van der Waals surface area contributed by atoms with Crippen LogP contribution in [0.15, 0.2) is 31.0 Å². The van der Waals surface area contributed by atoms with Crippen molar-refractivity contribution in [1.82, 2.24) is 0 Å². The minimum atomic E-state index is 0.0207. The van der Waals surface area contributed by atoms with Crippen molar-refractivity contribution in [2.45, 2.75) is 26.2 Å². The molecule has 2 nitrogen and oxygen atoms in total. The zero-order valence-corrected chi connectivity index (χ0v) is 9.83. The van der Waals surface area contributed by atoms with Crippen LogP contribution < -0.4 is 9.47 Å². The van der Waals surface area contributed by atoms with Crippen molar-refractivity contribution < 1.29 is 9.47 Å². The van der Waals surface area contributed by atoms with Crippen molar-refractivity contribution in [1.29, 1.82) is 0 Å². The van der Waals surface area contributed by atoms with E-state index < -0.39 is 0 Å². The van der Waals surface area contributed by atoms with E-state index in [4.69, 9.17) is 9.47 Å². The Morgan fingerprint density at radius 2 is 1.93 bits per heavy atom. The minimum Gasteiger partial charge on any atom is -0.497 e. The lowest BCUT2D eigenvalue weighted by Crippen LogP contribution is -2.12. The number of hydrogen-bond acceptors (Lipinski definition) is 2. The van der Waals surface area contributed by atoms with Gasteiger partial charge in [-0.2, -0.15) is 0 Å². The van der Waals surface area contributed by atoms with Crippen LogP contribution in [0.3, 0.4) is 0 Å². The highest BCUT2D eigenvalue weighted by atomic mass is 16.5. The van der Waals surface area contributed by atoms with Crippen LogP contribution in [-0.2, 0) is 5.41 Å². The maximum absolute atomic E-state index is 5.37. The SMILES string of the molecule is C=COc1ccc(OC)cc1C(C)(C)C. The first-order chi connectivity index (χ1) is 6.99. The van der Waals surface area contributed by atoms with E-state index in [-0.39, 0.29) is 5.41 Å². The molecule has 0 spiro atoms. The molecule has 0 atom stereocenters. The Kier molecular flexibility index (Phi) is 3.40. The Morgan fingerprint density at radius 3 is 2.40 bits per heavy atom. The Labute approximate surface area is 91.5 Å². The Balaban J connectivity index is 3.22. The van der Waals surface area contributed by atoms with E-state index in [0.717, 1.165) is 17.1 Å². The molecule has 0 aliphatic rings. The highest BCUT2D eigenvalue weighted by Gasteiger charge is 2.19. The molecule has 0 bridgehead atoms. The van der Waals surface area contributed by atoms with E-state index in [0.29, 0.717) is 0 Å². The predicted octanol–water partition coefficient (Wildman–Crippen LogP) is 3.52. The second-order valence-corrected chi connectivity index (χ2v) is 4.40. The van der Waals surface area contributed by atoms with Crippen LogP contribution in [0.2, 0.25) is 0 Å². The Morgan fingerprint density at radius 1 is 1.27 bits per heavy atom. The predicted molar refractivity (Wildman–Crippen MR) is 62.5 cm³/mol. The summed E-state index contributed by atoms with van der Waals surface area (Å²) in [5.41, 5.74) is 1.13. The van der Waals surface area contributed by atoms with E-state index in [9.17, 15) is 0 Å². The molecule has 15 heavy (non-hydrogen) atoms. The summed E-state index contributed by atoms with van der Waals surface area (Å²) in [7, 11) is 1.66. The second kappa shape index (κ2) is 4.39. The molecule has 0 amide bonds. The highest BCUT2D eigenvalue weighted by Crippen LogP contribution is 2.34. The van der Waals surface area contributed by atoms with Gasteiger partial charge in [-0.3, -0.25) is 0 Å². The summed E-state index contributed by atoms with van der Waals surface area (Å²) >= 11 is 0. The fourth-order valence-electron chi connectivity index (χ4n) is 1.41. The summed E-state index contributed by atoms with van der Waals surface area (Å²) in [6.45, 7) is 9.98. The van der Waals surface area contributed by atoms with Crippen LogP contribution in [0.4, 0.5) is 0 Å². The maximum Gasteiger partial charge on any atom is 0.130 e. The van der Waals surface area contributed by atoms with Crippen LogP contribution in [-0.4, -0.2) is 7.11 Å². The van der Waals surface area contributed by atoms with Gasteiger partial charge < -0.3 is 9.47 Å². The van der Waals surface area contributed by atoms with Crippen molar-refractivity contribution in [3.8, 4) is 11.5 Å². The minimum absolute atomic E-state index is 0.0207. The molecule has 82 valence electrons. The first-order valence-electron chi connectivity index (χ1n) is 4.95. The summed E-state index contributed by atoms with van der Waals surface area (Å²) in [5.74, 6) is 1.68. The van der Waals surface area contributed by atoms with Crippen LogP contribution in [0, 0.1) is 0 Å². The van der Waals surface area contributed by atoms with E-state index >= 15 is 0 Å². The fraction of sp³-hybridized carbons (Fsp3) is 0.385. The lowest BCUT2D eigenvalue weighted by atomic mass is 9.86. The molecule has 0 saturated carbocycles. The summed E-state index contributed by atoms with van der Waals surface area (Å²) in [4.78, 5) is 0. The quantitative estimate of drug-likeness (QED) is 0.704. The number of ether oxygens (including phenoxy) is 2. The average molecular weight is 206 g/mol. The van der Waals surface area contributed by atoms with E-state index in [2.05, 4.69) is 27.4 Å². The normalized spacial score (nSPS) is 10.9. The summed E-state index contributed by atoms with van der Waals surface area (Å²) < 4.78 is 10.6. The van der Waals surface area contributed by atoms with Gasteiger partial charge in [0.05, 0.1) is 13.4 Å². The molecule has 2 heteroatoms. The van der Waals surface area contributed by atoms with Gasteiger partial charge >= 0.3 is 0 Å². The number of rotatable bonds is 3. The second-order valence-electron chi connectivity index (χ2n) is 4.40. The van der Waals surface area contributed by atoms with Crippen LogP contribution >= 0.6 is 0 Å². The molecule has 1 aromatic carbocycles. The monoisotopic (exact) mass is 206 g/mol. The van der Waals surface area contributed by atoms with Gasteiger partial charge in [0, 0.05) is 5.56 Å². The zero-order chi connectivity index (χ0) is 11.5. The molecule has 0 fully saturated rings. The lowest BCUT2D eigenvalue weighted by Gasteiger charge is -2.22. The van der Waals surface area contributed by atoms with Crippen molar-refractivity contribution in [3.05, 3.63) is 36.6 Å². The van der Waals surface area contributed by atoms with Crippen molar-refractivity contribution >= 4 is 0 Å². The molecule has 0 aromatic heterocycles. The third-order valence-electron chi connectivity index (χ3n) is 2.21. The first kappa shape index (κ1) is 11.6. The van der Waals surface area contributed by atoms with Gasteiger partial charge in [-0.05, 0) is 23.6 Å². The van der Waals surface area contributed by atoms with Crippen LogP contribution in [0.25, 0.3) is 0 Å². The molecular formula is C13H18O2. The van der Waals surface area contributed by atoms with Gasteiger partial charge in [0.1, 0.15) is 11.5 Å². The summed E-state index contributed by atoms with van der Waals surface area (Å²) in [6, 6.07) is 5.79. The highest BCUT2D eigenvalue weighted by molar-refractivity contribution is 5.44. The first-order valence-corrected chi connectivity index (χ1v) is 4.95. The maximum atomic E-state index is 5.37. The van der Waals surface area contributed by atoms with Crippen LogP contribution in [0.5, 0.6) is 11.5 Å². The molecular weight excluding hydrogens is 188 g/mol. The standard InChI is InChI=1S/C13H18O2/c1-6-15-12-8-7-10(14-5)9-11(12)13(2,3)4/h6-9H,1H2,2-5H3. The Hall–Kier alpha value is -1.44. The smallest absolute Gasteiger partial charge is 0.130 e. The third kappa shape index (κ3) is 2.75. The van der Waals surface area contributed by atoms with Gasteiger partial charge in [-0.1, -0.05) is 27.4 Å². The topological polar surface area (TPSA) is 18.5 Å².